The van der Waals surface area contributed by atoms with Gasteiger partial charge in [-0.1, -0.05) is 50.2 Å². The van der Waals surface area contributed by atoms with Crippen LogP contribution in [0.1, 0.15) is 25.0 Å². The highest BCUT2D eigenvalue weighted by Gasteiger charge is 2.24. The van der Waals surface area contributed by atoms with Crippen molar-refractivity contribution in [1.82, 2.24) is 5.43 Å². The van der Waals surface area contributed by atoms with Crippen molar-refractivity contribution < 1.29 is 9.90 Å². The van der Waals surface area contributed by atoms with E-state index in [0.29, 0.717) is 5.69 Å². The Morgan fingerprint density at radius 2 is 1.76 bits per heavy atom. The highest BCUT2D eigenvalue weighted by molar-refractivity contribution is 5.90. The normalized spacial score (nSPS) is 11.0. The molecule has 0 saturated heterocycles. The Kier molecular flexibility index (Phi) is 4.14. The van der Waals surface area contributed by atoms with E-state index in [2.05, 4.69) is 19.2 Å². The maximum Gasteiger partial charge on any atom is 0.333 e. The molecule has 2 aromatic carbocycles. The van der Waals surface area contributed by atoms with Gasteiger partial charge in [0.05, 0.1) is 5.69 Å². The van der Waals surface area contributed by atoms with E-state index in [1.165, 1.54) is 0 Å². The molecule has 2 amide bonds. The molecule has 0 bridgehead atoms. The molecule has 2 aromatic rings. The van der Waals surface area contributed by atoms with Crippen LogP contribution in [0.5, 0.6) is 5.75 Å². The maximum absolute atomic E-state index is 11.3. The SMILES string of the molecule is CC(C)(c1ccccc1)c1ccc(O)c(NC(=O)NN)c1. The van der Waals surface area contributed by atoms with Crippen molar-refractivity contribution in [3.63, 3.8) is 0 Å². The summed E-state index contributed by atoms with van der Waals surface area (Å²) in [5.74, 6) is 5.03. The van der Waals surface area contributed by atoms with Crippen molar-refractivity contribution in [2.45, 2.75) is 19.3 Å². The van der Waals surface area contributed by atoms with Gasteiger partial charge in [-0.15, -0.1) is 0 Å². The van der Waals surface area contributed by atoms with E-state index in [1.54, 1.807) is 12.1 Å². The number of nitrogens with one attached hydrogen (secondary N) is 2. The molecule has 0 heterocycles. The van der Waals surface area contributed by atoms with Gasteiger partial charge in [-0.25, -0.2) is 10.6 Å². The summed E-state index contributed by atoms with van der Waals surface area (Å²) in [5, 5.41) is 12.3. The quantitative estimate of drug-likeness (QED) is 0.303. The number of anilines is 1. The number of phenolic OH excluding ortho intramolecular Hbond substituents is 1. The smallest absolute Gasteiger partial charge is 0.333 e. The van der Waals surface area contributed by atoms with Crippen molar-refractivity contribution in [3.05, 3.63) is 59.7 Å². The number of benzene rings is 2. The number of nitrogens with two attached hydrogens (primary N) is 1. The minimum atomic E-state index is -0.583. The first kappa shape index (κ1) is 14.9. The van der Waals surface area contributed by atoms with Gasteiger partial charge >= 0.3 is 6.03 Å². The van der Waals surface area contributed by atoms with Crippen LogP contribution in [-0.2, 0) is 5.41 Å². The molecule has 0 aromatic heterocycles. The van der Waals surface area contributed by atoms with Gasteiger partial charge in [0.2, 0.25) is 0 Å². The first-order chi connectivity index (χ1) is 9.95. The van der Waals surface area contributed by atoms with Gasteiger partial charge in [0.15, 0.2) is 0 Å². The summed E-state index contributed by atoms with van der Waals surface area (Å²) in [6, 6.07) is 14.6. The van der Waals surface area contributed by atoms with Crippen LogP contribution in [0.15, 0.2) is 48.5 Å². The second-order valence-electron chi connectivity index (χ2n) is 5.32. The summed E-state index contributed by atoms with van der Waals surface area (Å²) in [6.07, 6.45) is 0. The van der Waals surface area contributed by atoms with Gasteiger partial charge in [-0.2, -0.15) is 0 Å². The van der Waals surface area contributed by atoms with Crippen LogP contribution in [0.25, 0.3) is 0 Å². The van der Waals surface area contributed by atoms with E-state index in [0.717, 1.165) is 11.1 Å². The molecule has 0 spiro atoms. The number of aromatic hydroxyl groups is 1. The van der Waals surface area contributed by atoms with Crippen molar-refractivity contribution in [2.24, 2.45) is 5.84 Å². The molecule has 0 aliphatic rings. The lowest BCUT2D eigenvalue weighted by Gasteiger charge is -2.26. The van der Waals surface area contributed by atoms with Gasteiger partial charge in [0.1, 0.15) is 5.75 Å². The van der Waals surface area contributed by atoms with Crippen molar-refractivity contribution in [2.75, 3.05) is 5.32 Å². The lowest BCUT2D eigenvalue weighted by atomic mass is 9.78. The number of hydrazine groups is 1. The van der Waals surface area contributed by atoms with Gasteiger partial charge in [-0.3, -0.25) is 5.43 Å². The summed E-state index contributed by atoms with van der Waals surface area (Å²) in [6.45, 7) is 4.17. The molecule has 0 aliphatic heterocycles. The number of phenols is 1. The van der Waals surface area contributed by atoms with E-state index >= 15 is 0 Å². The summed E-state index contributed by atoms with van der Waals surface area (Å²) in [4.78, 5) is 11.3. The lowest BCUT2D eigenvalue weighted by Crippen LogP contribution is -2.34. The summed E-state index contributed by atoms with van der Waals surface area (Å²) in [7, 11) is 0. The standard InChI is InChI=1S/C16H19N3O2/c1-16(2,11-6-4-3-5-7-11)12-8-9-14(20)13(10-12)18-15(21)19-17/h3-10,20H,17H2,1-2H3,(H2,18,19,21). The molecular formula is C16H19N3O2. The predicted octanol–water partition coefficient (Wildman–Crippen LogP) is 2.71. The minimum Gasteiger partial charge on any atom is -0.506 e. The molecule has 0 saturated carbocycles. The number of rotatable bonds is 3. The molecule has 5 nitrogen and oxygen atoms in total. The number of hydrogen-bond donors (Lipinski definition) is 4. The lowest BCUT2D eigenvalue weighted by molar-refractivity contribution is 0.252. The monoisotopic (exact) mass is 285 g/mol. The molecule has 0 radical (unpaired) electrons. The fourth-order valence-corrected chi connectivity index (χ4v) is 2.20. The Balaban J connectivity index is 2.40. The summed E-state index contributed by atoms with van der Waals surface area (Å²) >= 11 is 0. The van der Waals surface area contributed by atoms with Crippen LogP contribution in [0.4, 0.5) is 10.5 Å². The maximum atomic E-state index is 11.3. The van der Waals surface area contributed by atoms with Crippen LogP contribution < -0.4 is 16.6 Å². The number of carbonyl (C=O) groups is 1. The van der Waals surface area contributed by atoms with Gasteiger partial charge in [0.25, 0.3) is 0 Å². The number of hydrogen-bond acceptors (Lipinski definition) is 3. The van der Waals surface area contributed by atoms with Crippen LogP contribution in [-0.4, -0.2) is 11.1 Å². The third-order valence-corrected chi connectivity index (χ3v) is 3.59. The van der Waals surface area contributed by atoms with Crippen LogP contribution in [0.2, 0.25) is 0 Å². The molecule has 0 atom stereocenters. The summed E-state index contributed by atoms with van der Waals surface area (Å²) < 4.78 is 0. The van der Waals surface area contributed by atoms with Crippen LogP contribution in [0.3, 0.4) is 0 Å². The zero-order valence-corrected chi connectivity index (χ0v) is 12.1. The third kappa shape index (κ3) is 3.14. The molecule has 0 fully saturated rings. The largest absolute Gasteiger partial charge is 0.506 e. The Morgan fingerprint density at radius 1 is 1.10 bits per heavy atom. The van der Waals surface area contributed by atoms with E-state index < -0.39 is 6.03 Å². The second-order valence-corrected chi connectivity index (χ2v) is 5.32. The van der Waals surface area contributed by atoms with E-state index in [4.69, 9.17) is 5.84 Å². The van der Waals surface area contributed by atoms with Crippen LogP contribution >= 0.6 is 0 Å². The van der Waals surface area contributed by atoms with Gasteiger partial charge < -0.3 is 10.4 Å². The van der Waals surface area contributed by atoms with Gasteiger partial charge in [0, 0.05) is 5.41 Å². The average molecular weight is 285 g/mol. The third-order valence-electron chi connectivity index (χ3n) is 3.59. The van der Waals surface area contributed by atoms with Crippen LogP contribution in [0, 0.1) is 0 Å². The molecule has 21 heavy (non-hydrogen) atoms. The Morgan fingerprint density at radius 3 is 2.38 bits per heavy atom. The Bertz CT molecular complexity index is 639. The fourth-order valence-electron chi connectivity index (χ4n) is 2.20. The molecule has 5 N–H and O–H groups in total. The fraction of sp³-hybridized carbons (Fsp3) is 0.188. The highest BCUT2D eigenvalue weighted by Crippen LogP contribution is 2.35. The number of urea groups is 1. The first-order valence-corrected chi connectivity index (χ1v) is 6.62. The molecule has 0 unspecified atom stereocenters. The van der Waals surface area contributed by atoms with E-state index in [-0.39, 0.29) is 11.2 Å². The van der Waals surface area contributed by atoms with Crippen molar-refractivity contribution in [1.29, 1.82) is 0 Å². The minimum absolute atomic E-state index is 0.00814. The molecular weight excluding hydrogens is 266 g/mol. The van der Waals surface area contributed by atoms with Crippen molar-refractivity contribution >= 4 is 11.7 Å². The predicted molar refractivity (Wildman–Crippen MR) is 83.0 cm³/mol. The highest BCUT2D eigenvalue weighted by atomic mass is 16.3. The van der Waals surface area contributed by atoms with Gasteiger partial charge in [-0.05, 0) is 23.3 Å². The van der Waals surface area contributed by atoms with E-state index in [1.807, 2.05) is 41.8 Å². The second kappa shape index (κ2) is 5.85. The topological polar surface area (TPSA) is 87.4 Å². The molecule has 2 rings (SSSR count). The van der Waals surface area contributed by atoms with E-state index in [9.17, 15) is 9.90 Å². The molecule has 110 valence electrons. The Labute approximate surface area is 123 Å². The average Bonchev–Trinajstić information content (AvgIpc) is 2.50. The molecule has 0 aliphatic carbocycles. The van der Waals surface area contributed by atoms with Crippen molar-refractivity contribution in [3.8, 4) is 5.75 Å². The molecule has 5 heteroatoms. The number of amides is 2. The first-order valence-electron chi connectivity index (χ1n) is 6.62. The zero-order valence-electron chi connectivity index (χ0n) is 12.1. The zero-order chi connectivity index (χ0) is 15.5. The Hall–Kier alpha value is -2.53. The summed E-state index contributed by atoms with van der Waals surface area (Å²) in [5.41, 5.74) is 4.14. The number of carbonyl (C=O) groups excluding carboxylic acids is 1.